The number of hydrogen-bond donors (Lipinski definition) is 2. The third kappa shape index (κ3) is 5.74. The molecule has 0 spiro atoms. The van der Waals surface area contributed by atoms with E-state index in [1.807, 2.05) is 43.3 Å². The van der Waals surface area contributed by atoms with Gasteiger partial charge in [0.25, 0.3) is 11.5 Å². The van der Waals surface area contributed by atoms with Crippen LogP contribution in [-0.2, 0) is 34.7 Å². The molecule has 0 saturated carbocycles. The summed E-state index contributed by atoms with van der Waals surface area (Å²) in [6, 6.07) is 16.2. The molecule has 5 rings (SSSR count). The topological polar surface area (TPSA) is 114 Å². The van der Waals surface area contributed by atoms with Crippen LogP contribution in [0.3, 0.4) is 0 Å². The Hall–Kier alpha value is -3.86. The summed E-state index contributed by atoms with van der Waals surface area (Å²) in [7, 11) is 3.77. The van der Waals surface area contributed by atoms with Crippen LogP contribution in [0.2, 0.25) is 0 Å². The second-order valence-corrected chi connectivity index (χ2v) is 11.9. The largest absolute Gasteiger partial charge is 0.457 e. The molecule has 0 saturated heterocycles. The summed E-state index contributed by atoms with van der Waals surface area (Å²) >= 11 is 3.35. The van der Waals surface area contributed by atoms with Crippen molar-refractivity contribution in [2.75, 3.05) is 27.2 Å². The molecular formula is C33H35BrN4O5. The molecule has 43 heavy (non-hydrogen) atoms. The molecule has 0 bridgehead atoms. The van der Waals surface area contributed by atoms with E-state index in [4.69, 9.17) is 9.72 Å². The van der Waals surface area contributed by atoms with Crippen molar-refractivity contribution < 1.29 is 19.4 Å². The van der Waals surface area contributed by atoms with E-state index in [0.717, 1.165) is 32.9 Å². The summed E-state index contributed by atoms with van der Waals surface area (Å²) in [5, 5.41) is 15.8. The van der Waals surface area contributed by atoms with Gasteiger partial charge in [-0.05, 0) is 68.9 Å². The Labute approximate surface area is 258 Å². The lowest BCUT2D eigenvalue weighted by Crippen LogP contribution is -2.47. The zero-order valence-corrected chi connectivity index (χ0v) is 26.3. The number of aryl methyl sites for hydroxylation is 1. The molecule has 0 fully saturated rings. The second-order valence-electron chi connectivity index (χ2n) is 11.0. The number of amides is 1. The van der Waals surface area contributed by atoms with Gasteiger partial charge in [0.05, 0.1) is 34.6 Å². The molecule has 2 aromatic carbocycles. The van der Waals surface area contributed by atoms with Crippen LogP contribution in [0.25, 0.3) is 22.3 Å². The Morgan fingerprint density at radius 1 is 1.12 bits per heavy atom. The fraction of sp³-hybridized carbons (Fsp3) is 0.333. The van der Waals surface area contributed by atoms with E-state index in [2.05, 4.69) is 28.2 Å². The fourth-order valence-corrected chi connectivity index (χ4v) is 5.90. The molecule has 0 radical (unpaired) electrons. The van der Waals surface area contributed by atoms with Crippen molar-refractivity contribution in [2.45, 2.75) is 45.4 Å². The van der Waals surface area contributed by atoms with Crippen LogP contribution in [-0.4, -0.2) is 58.6 Å². The number of para-hydroxylation sites is 1. The predicted molar refractivity (Wildman–Crippen MR) is 169 cm³/mol. The quantitative estimate of drug-likeness (QED) is 0.217. The van der Waals surface area contributed by atoms with Gasteiger partial charge in [0.15, 0.2) is 5.60 Å². The maximum atomic E-state index is 14.2. The number of pyridine rings is 2. The zero-order valence-electron chi connectivity index (χ0n) is 24.7. The van der Waals surface area contributed by atoms with Crippen molar-refractivity contribution in [3.63, 3.8) is 0 Å². The molecule has 0 unspecified atom stereocenters. The SMILES string of the molecule is CCc1c2c(nc3ccccc13)-c1cc([C@@](O)(CC)C(=O)NCCN(C)C)c(COC(=O)c3ccc(Br)cc3)c(=O)n1C2. The molecule has 2 aromatic heterocycles. The van der Waals surface area contributed by atoms with Gasteiger partial charge >= 0.3 is 5.97 Å². The van der Waals surface area contributed by atoms with Crippen molar-refractivity contribution >= 4 is 38.7 Å². The maximum Gasteiger partial charge on any atom is 0.338 e. The first-order valence-corrected chi connectivity index (χ1v) is 15.1. The number of fused-ring (bicyclic) bond motifs is 4. The monoisotopic (exact) mass is 646 g/mol. The molecule has 10 heteroatoms. The van der Waals surface area contributed by atoms with Crippen LogP contribution < -0.4 is 10.9 Å². The van der Waals surface area contributed by atoms with Gasteiger partial charge < -0.3 is 24.6 Å². The average molecular weight is 648 g/mol. The molecule has 3 heterocycles. The van der Waals surface area contributed by atoms with E-state index in [-0.39, 0.29) is 24.1 Å². The van der Waals surface area contributed by atoms with Crippen LogP contribution in [0.15, 0.2) is 63.9 Å². The number of carbonyl (C=O) groups excluding carboxylic acids is 2. The Morgan fingerprint density at radius 2 is 1.84 bits per heavy atom. The van der Waals surface area contributed by atoms with E-state index >= 15 is 0 Å². The first-order chi connectivity index (χ1) is 20.6. The molecular weight excluding hydrogens is 612 g/mol. The van der Waals surface area contributed by atoms with Gasteiger partial charge in [0.1, 0.15) is 6.61 Å². The lowest BCUT2D eigenvalue weighted by molar-refractivity contribution is -0.141. The molecule has 1 aliphatic heterocycles. The number of nitrogens with one attached hydrogen (secondary N) is 1. The first kappa shape index (κ1) is 30.6. The van der Waals surface area contributed by atoms with E-state index in [1.165, 1.54) is 0 Å². The van der Waals surface area contributed by atoms with Crippen LogP contribution >= 0.6 is 15.9 Å². The first-order valence-electron chi connectivity index (χ1n) is 14.3. The molecule has 2 N–H and O–H groups in total. The predicted octanol–water partition coefficient (Wildman–Crippen LogP) is 4.38. The van der Waals surface area contributed by atoms with Gasteiger partial charge in [-0.25, -0.2) is 9.78 Å². The van der Waals surface area contributed by atoms with Crippen LogP contribution in [0.5, 0.6) is 0 Å². The van der Waals surface area contributed by atoms with Crippen LogP contribution in [0.1, 0.15) is 52.9 Å². The van der Waals surface area contributed by atoms with Crippen LogP contribution in [0, 0.1) is 0 Å². The molecule has 1 atom stereocenters. The number of esters is 1. The smallest absolute Gasteiger partial charge is 0.338 e. The van der Waals surface area contributed by atoms with Crippen molar-refractivity contribution in [2.24, 2.45) is 0 Å². The number of aromatic nitrogens is 2. The molecule has 224 valence electrons. The molecule has 9 nitrogen and oxygen atoms in total. The summed E-state index contributed by atoms with van der Waals surface area (Å²) in [4.78, 5) is 47.5. The second kappa shape index (κ2) is 12.4. The van der Waals surface area contributed by atoms with E-state index in [9.17, 15) is 19.5 Å². The number of hydrogen-bond acceptors (Lipinski definition) is 7. The molecule has 1 amide bonds. The lowest BCUT2D eigenvalue weighted by atomic mass is 9.86. The Balaban J connectivity index is 1.64. The minimum absolute atomic E-state index is 0.00440. The highest BCUT2D eigenvalue weighted by atomic mass is 79.9. The summed E-state index contributed by atoms with van der Waals surface area (Å²) in [5.41, 5.74) is 2.00. The van der Waals surface area contributed by atoms with E-state index < -0.39 is 29.6 Å². The minimum atomic E-state index is -2.05. The number of aliphatic hydroxyl groups is 1. The van der Waals surface area contributed by atoms with Gasteiger partial charge in [0, 0.05) is 34.1 Å². The van der Waals surface area contributed by atoms with Gasteiger partial charge in [-0.3, -0.25) is 9.59 Å². The van der Waals surface area contributed by atoms with E-state index in [0.29, 0.717) is 30.0 Å². The van der Waals surface area contributed by atoms with Crippen LogP contribution in [0.4, 0.5) is 0 Å². The third-order valence-electron chi connectivity index (χ3n) is 8.03. The minimum Gasteiger partial charge on any atom is -0.457 e. The third-order valence-corrected chi connectivity index (χ3v) is 8.56. The summed E-state index contributed by atoms with van der Waals surface area (Å²) in [6.07, 6.45) is 0.737. The van der Waals surface area contributed by atoms with Gasteiger partial charge in [-0.15, -0.1) is 0 Å². The normalized spacial score (nSPS) is 13.5. The van der Waals surface area contributed by atoms with Crippen molar-refractivity contribution in [1.29, 1.82) is 0 Å². The number of carbonyl (C=O) groups is 2. The number of likely N-dealkylation sites (N-methyl/N-ethyl adjacent to an activating group) is 1. The molecule has 0 aliphatic carbocycles. The van der Waals surface area contributed by atoms with Gasteiger partial charge in [0.2, 0.25) is 0 Å². The van der Waals surface area contributed by atoms with Gasteiger partial charge in [-0.2, -0.15) is 0 Å². The zero-order chi connectivity index (χ0) is 30.9. The summed E-state index contributed by atoms with van der Waals surface area (Å²) in [6.45, 7) is 4.51. The maximum absolute atomic E-state index is 14.2. The summed E-state index contributed by atoms with van der Waals surface area (Å²) in [5.74, 6) is -1.25. The highest BCUT2D eigenvalue weighted by Gasteiger charge is 2.41. The van der Waals surface area contributed by atoms with Crippen molar-refractivity contribution in [3.05, 3.63) is 97.2 Å². The molecule has 1 aliphatic rings. The molecule has 4 aromatic rings. The lowest BCUT2D eigenvalue weighted by Gasteiger charge is -2.29. The van der Waals surface area contributed by atoms with E-state index in [1.54, 1.807) is 41.8 Å². The van der Waals surface area contributed by atoms with Crippen molar-refractivity contribution in [1.82, 2.24) is 19.8 Å². The number of rotatable bonds is 10. The number of benzene rings is 2. The summed E-state index contributed by atoms with van der Waals surface area (Å²) < 4.78 is 8.03. The number of halogens is 1. The Kier molecular flexibility index (Phi) is 8.82. The van der Waals surface area contributed by atoms with Crippen molar-refractivity contribution in [3.8, 4) is 11.4 Å². The highest BCUT2D eigenvalue weighted by Crippen LogP contribution is 2.38. The highest BCUT2D eigenvalue weighted by molar-refractivity contribution is 9.10. The fourth-order valence-electron chi connectivity index (χ4n) is 5.63. The Bertz CT molecular complexity index is 1770. The Morgan fingerprint density at radius 3 is 2.51 bits per heavy atom. The number of nitrogens with zero attached hydrogens (tertiary/aromatic N) is 3. The standard InChI is InChI=1S/C33H35BrN4O5/c1-5-22-23-9-7-8-10-27(23)36-29-24(22)18-38-28(29)17-26(33(42,6-2)32(41)35-15-16-37(3)4)25(30(38)39)19-43-31(40)20-11-13-21(34)14-12-20/h7-14,17,42H,5-6,15-16,18-19H2,1-4H3,(H,35,41)/t33-/m0/s1. The number of ether oxygens (including phenoxy) is 1. The van der Waals surface area contributed by atoms with Gasteiger partial charge in [-0.1, -0.05) is 48.0 Å². The average Bonchev–Trinajstić information content (AvgIpc) is 3.37.